The molecule has 1 aliphatic rings. The maximum atomic E-state index is 13.0. The van der Waals surface area contributed by atoms with E-state index >= 15 is 0 Å². The molecule has 2 atom stereocenters. The molecule has 124 valence electrons. The largest absolute Gasteiger partial charge is 0.325 e. The molecule has 0 saturated carbocycles. The Kier molecular flexibility index (Phi) is 5.30. The summed E-state index contributed by atoms with van der Waals surface area (Å²) in [5.41, 5.74) is 1.82. The molecule has 0 spiro atoms. The van der Waals surface area contributed by atoms with Crippen LogP contribution in [0.3, 0.4) is 0 Å². The van der Waals surface area contributed by atoms with Crippen molar-refractivity contribution in [2.24, 2.45) is 16.8 Å². The number of nitrogens with zero attached hydrogens (tertiary/aromatic N) is 1. The average Bonchev–Trinajstić information content (AvgIpc) is 2.97. The summed E-state index contributed by atoms with van der Waals surface area (Å²) in [4.78, 5) is 17.2. The summed E-state index contributed by atoms with van der Waals surface area (Å²) < 4.78 is 13.0. The van der Waals surface area contributed by atoms with Crippen LogP contribution in [0.5, 0.6) is 0 Å². The van der Waals surface area contributed by atoms with Crippen LogP contribution in [0.2, 0.25) is 0 Å². The van der Waals surface area contributed by atoms with Crippen molar-refractivity contribution < 1.29 is 9.18 Å². The van der Waals surface area contributed by atoms with Gasteiger partial charge in [-0.3, -0.25) is 9.79 Å². The van der Waals surface area contributed by atoms with Crippen LogP contribution < -0.4 is 5.32 Å². The van der Waals surface area contributed by atoms with Gasteiger partial charge in [0.2, 0.25) is 5.91 Å². The van der Waals surface area contributed by atoms with Gasteiger partial charge < -0.3 is 5.32 Å². The van der Waals surface area contributed by atoms with Crippen LogP contribution in [0.25, 0.3) is 0 Å². The van der Waals surface area contributed by atoms with Crippen molar-refractivity contribution in [2.75, 3.05) is 11.9 Å². The van der Waals surface area contributed by atoms with E-state index in [4.69, 9.17) is 0 Å². The Morgan fingerprint density at radius 2 is 1.92 bits per heavy atom. The zero-order chi connectivity index (χ0) is 16.9. The predicted molar refractivity (Wildman–Crippen MR) is 97.7 cm³/mol. The normalized spacial score (nSPS) is 19.8. The lowest BCUT2D eigenvalue weighted by Crippen LogP contribution is -2.30. The maximum absolute atomic E-state index is 13.0. The second-order valence-electron chi connectivity index (χ2n) is 5.90. The summed E-state index contributed by atoms with van der Waals surface area (Å²) >= 11 is 1.62. The molecule has 1 heterocycles. The number of nitrogens with one attached hydrogen (secondary N) is 1. The van der Waals surface area contributed by atoms with Crippen molar-refractivity contribution in [2.45, 2.75) is 12.7 Å². The SMILES string of the molecule is CC1CN=C(SCc2ccccc2)C1C(=O)Nc1ccc(F)cc1. The third-order valence-electron chi connectivity index (χ3n) is 3.99. The third-order valence-corrected chi connectivity index (χ3v) is 5.15. The number of carbonyl (C=O) groups is 1. The number of rotatable bonds is 4. The van der Waals surface area contributed by atoms with Crippen LogP contribution >= 0.6 is 11.8 Å². The second-order valence-corrected chi connectivity index (χ2v) is 6.90. The van der Waals surface area contributed by atoms with Crippen LogP contribution in [0.1, 0.15) is 12.5 Å². The van der Waals surface area contributed by atoms with Gasteiger partial charge in [0.1, 0.15) is 5.82 Å². The highest BCUT2D eigenvalue weighted by atomic mass is 32.2. The van der Waals surface area contributed by atoms with Gasteiger partial charge in [-0.25, -0.2) is 4.39 Å². The van der Waals surface area contributed by atoms with Gasteiger partial charge in [-0.2, -0.15) is 0 Å². The Morgan fingerprint density at radius 3 is 2.62 bits per heavy atom. The maximum Gasteiger partial charge on any atom is 0.234 e. The molecule has 0 saturated heterocycles. The molecular weight excluding hydrogens is 323 g/mol. The number of hydrogen-bond donors (Lipinski definition) is 1. The number of hydrogen-bond acceptors (Lipinski definition) is 3. The molecule has 2 unspecified atom stereocenters. The summed E-state index contributed by atoms with van der Waals surface area (Å²) in [6.07, 6.45) is 0. The number of benzene rings is 2. The van der Waals surface area contributed by atoms with Crippen LogP contribution in [0, 0.1) is 17.7 Å². The number of halogens is 1. The fourth-order valence-electron chi connectivity index (χ4n) is 2.67. The quantitative estimate of drug-likeness (QED) is 0.897. The van der Waals surface area contributed by atoms with E-state index in [1.165, 1.54) is 17.7 Å². The first-order chi connectivity index (χ1) is 11.6. The molecule has 24 heavy (non-hydrogen) atoms. The molecule has 0 fully saturated rings. The summed E-state index contributed by atoms with van der Waals surface area (Å²) in [6, 6.07) is 16.0. The third kappa shape index (κ3) is 4.03. The molecule has 0 aliphatic carbocycles. The van der Waals surface area contributed by atoms with Gasteiger partial charge in [0, 0.05) is 18.0 Å². The summed E-state index contributed by atoms with van der Waals surface area (Å²) in [6.45, 7) is 2.70. The summed E-state index contributed by atoms with van der Waals surface area (Å²) in [7, 11) is 0. The van der Waals surface area contributed by atoms with E-state index < -0.39 is 0 Å². The Morgan fingerprint density at radius 1 is 1.21 bits per heavy atom. The van der Waals surface area contributed by atoms with E-state index in [1.54, 1.807) is 23.9 Å². The van der Waals surface area contributed by atoms with E-state index in [-0.39, 0.29) is 23.6 Å². The van der Waals surface area contributed by atoms with Crippen molar-refractivity contribution in [1.29, 1.82) is 0 Å². The number of aliphatic imine (C=N–C) groups is 1. The molecule has 1 amide bonds. The fraction of sp³-hybridized carbons (Fsp3) is 0.263. The van der Waals surface area contributed by atoms with Crippen molar-refractivity contribution in [1.82, 2.24) is 0 Å². The van der Waals surface area contributed by atoms with Gasteiger partial charge in [-0.05, 0) is 35.7 Å². The Labute approximate surface area is 145 Å². The van der Waals surface area contributed by atoms with Gasteiger partial charge in [-0.1, -0.05) is 37.3 Å². The molecular formula is C19H19FN2OS. The molecule has 2 aromatic rings. The molecule has 1 aliphatic heterocycles. The van der Waals surface area contributed by atoms with Gasteiger partial charge in [0.15, 0.2) is 0 Å². The van der Waals surface area contributed by atoms with Crippen LogP contribution in [0.15, 0.2) is 59.6 Å². The minimum Gasteiger partial charge on any atom is -0.325 e. The minimum absolute atomic E-state index is 0.0779. The lowest BCUT2D eigenvalue weighted by Gasteiger charge is -2.17. The lowest BCUT2D eigenvalue weighted by atomic mass is 9.97. The molecule has 0 aromatic heterocycles. The zero-order valence-electron chi connectivity index (χ0n) is 13.4. The average molecular weight is 342 g/mol. The molecule has 2 aromatic carbocycles. The summed E-state index contributed by atoms with van der Waals surface area (Å²) in [5.74, 6) is 0.327. The zero-order valence-corrected chi connectivity index (χ0v) is 14.2. The molecule has 1 N–H and O–H groups in total. The first-order valence-electron chi connectivity index (χ1n) is 7.91. The Bertz CT molecular complexity index is 731. The van der Waals surface area contributed by atoms with Crippen LogP contribution in [-0.2, 0) is 10.5 Å². The standard InChI is InChI=1S/C19H19FN2OS/c1-13-11-21-19(24-12-14-5-3-2-4-6-14)17(13)18(23)22-16-9-7-15(20)8-10-16/h2-10,13,17H,11-12H2,1H3,(H,22,23). The highest BCUT2D eigenvalue weighted by Gasteiger charge is 2.34. The fourth-order valence-corrected chi connectivity index (χ4v) is 3.86. The molecule has 0 bridgehead atoms. The van der Waals surface area contributed by atoms with E-state index in [9.17, 15) is 9.18 Å². The van der Waals surface area contributed by atoms with E-state index in [1.807, 2.05) is 25.1 Å². The Hall–Kier alpha value is -2.14. The summed E-state index contributed by atoms with van der Waals surface area (Å²) in [5, 5.41) is 3.75. The number of anilines is 1. The smallest absolute Gasteiger partial charge is 0.234 e. The number of carbonyl (C=O) groups excluding carboxylic acids is 1. The Balaban J connectivity index is 1.64. The molecule has 3 nitrogen and oxygen atoms in total. The minimum atomic E-state index is -0.317. The van der Waals surface area contributed by atoms with Crippen LogP contribution in [-0.4, -0.2) is 17.5 Å². The molecule has 3 rings (SSSR count). The highest BCUT2D eigenvalue weighted by molar-refractivity contribution is 8.13. The van der Waals surface area contributed by atoms with Gasteiger partial charge >= 0.3 is 0 Å². The van der Waals surface area contributed by atoms with Crippen molar-refractivity contribution in [3.8, 4) is 0 Å². The second kappa shape index (κ2) is 7.62. The van der Waals surface area contributed by atoms with Gasteiger partial charge in [0.05, 0.1) is 11.0 Å². The first kappa shape index (κ1) is 16.7. The van der Waals surface area contributed by atoms with Crippen LogP contribution in [0.4, 0.5) is 10.1 Å². The van der Waals surface area contributed by atoms with E-state index in [2.05, 4.69) is 22.4 Å². The van der Waals surface area contributed by atoms with E-state index in [0.29, 0.717) is 12.2 Å². The lowest BCUT2D eigenvalue weighted by molar-refractivity contribution is -0.118. The van der Waals surface area contributed by atoms with Crippen molar-refractivity contribution in [3.05, 3.63) is 66.0 Å². The van der Waals surface area contributed by atoms with Gasteiger partial charge in [-0.15, -0.1) is 11.8 Å². The number of thioether (sulfide) groups is 1. The molecule has 0 radical (unpaired) electrons. The highest BCUT2D eigenvalue weighted by Crippen LogP contribution is 2.30. The van der Waals surface area contributed by atoms with E-state index in [0.717, 1.165) is 10.8 Å². The van der Waals surface area contributed by atoms with Gasteiger partial charge in [0.25, 0.3) is 0 Å². The monoisotopic (exact) mass is 342 g/mol. The predicted octanol–water partition coefficient (Wildman–Crippen LogP) is 4.36. The number of amides is 1. The first-order valence-corrected chi connectivity index (χ1v) is 8.89. The topological polar surface area (TPSA) is 41.5 Å². The van der Waals surface area contributed by atoms with Crippen molar-refractivity contribution in [3.63, 3.8) is 0 Å². The van der Waals surface area contributed by atoms with Crippen molar-refractivity contribution >= 4 is 28.4 Å². The molecule has 5 heteroatoms.